The van der Waals surface area contributed by atoms with E-state index in [0.29, 0.717) is 0 Å². The van der Waals surface area contributed by atoms with E-state index in [1.807, 2.05) is 0 Å². The van der Waals surface area contributed by atoms with Crippen LogP contribution in [0, 0.1) is 3.57 Å². The lowest BCUT2D eigenvalue weighted by molar-refractivity contribution is 0.495. The van der Waals surface area contributed by atoms with Crippen LogP contribution in [0.4, 0.5) is 0 Å². The van der Waals surface area contributed by atoms with Gasteiger partial charge in [-0.15, -0.1) is 0 Å². The first-order chi connectivity index (χ1) is 8.79. The lowest BCUT2D eigenvalue weighted by atomic mass is 10.2. The van der Waals surface area contributed by atoms with Crippen molar-refractivity contribution < 1.29 is 4.42 Å². The Morgan fingerprint density at radius 3 is 2.72 bits per heavy atom. The second-order valence-corrected chi connectivity index (χ2v) is 5.37. The molecule has 0 spiro atoms. The molecule has 0 radical (unpaired) electrons. The summed E-state index contributed by atoms with van der Waals surface area (Å²) in [6.07, 6.45) is 3.79. The molecule has 1 N–H and O–H groups in total. The molecule has 1 heterocycles. The molecule has 1 aromatic heterocycles. The Morgan fingerprint density at radius 2 is 2.00 bits per heavy atom. The van der Waals surface area contributed by atoms with E-state index in [4.69, 9.17) is 4.42 Å². The lowest BCUT2D eigenvalue weighted by Crippen LogP contribution is -2.17. The summed E-state index contributed by atoms with van der Waals surface area (Å²) in [5.74, 6) is 1.64. The third-order valence-corrected chi connectivity index (χ3v) is 3.34. The van der Waals surface area contributed by atoms with Crippen LogP contribution in [-0.4, -0.2) is 18.1 Å². The molecule has 0 aliphatic carbocycles. The number of hydrogen-bond acceptors (Lipinski definition) is 3. The summed E-state index contributed by atoms with van der Waals surface area (Å²) >= 11 is 2.29. The predicted molar refractivity (Wildman–Crippen MR) is 81.5 cm³/mol. The van der Waals surface area contributed by atoms with E-state index in [2.05, 4.69) is 64.1 Å². The molecular formula is C14H17IN2O. The van der Waals surface area contributed by atoms with Gasteiger partial charge in [0, 0.05) is 22.1 Å². The van der Waals surface area contributed by atoms with Gasteiger partial charge in [0.25, 0.3) is 0 Å². The zero-order chi connectivity index (χ0) is 12.8. The maximum atomic E-state index is 5.74. The Bertz CT molecular complexity index is 479. The van der Waals surface area contributed by atoms with Crippen molar-refractivity contribution in [2.45, 2.75) is 19.8 Å². The molecule has 4 heteroatoms. The minimum Gasteiger partial charge on any atom is -0.441 e. The first-order valence-electron chi connectivity index (χ1n) is 6.21. The standard InChI is InChI=1S/C14H17IN2O/c1-2-8-16-9-7-14-17-10-13(18-14)11-3-5-12(15)6-4-11/h3-6,10,16H,2,7-9H2,1H3. The fraction of sp³-hybridized carbons (Fsp3) is 0.357. The van der Waals surface area contributed by atoms with Gasteiger partial charge in [0.15, 0.2) is 11.7 Å². The minimum absolute atomic E-state index is 0.798. The molecule has 96 valence electrons. The summed E-state index contributed by atoms with van der Waals surface area (Å²) < 4.78 is 6.96. The summed E-state index contributed by atoms with van der Waals surface area (Å²) in [5.41, 5.74) is 1.08. The van der Waals surface area contributed by atoms with Gasteiger partial charge in [-0.1, -0.05) is 19.1 Å². The van der Waals surface area contributed by atoms with Crippen LogP contribution in [0.2, 0.25) is 0 Å². The van der Waals surface area contributed by atoms with E-state index < -0.39 is 0 Å². The summed E-state index contributed by atoms with van der Waals surface area (Å²) in [7, 11) is 0. The molecule has 2 aromatic rings. The Hall–Kier alpha value is -0.880. The van der Waals surface area contributed by atoms with Crippen molar-refractivity contribution in [3.63, 3.8) is 0 Å². The molecule has 0 bridgehead atoms. The molecule has 0 amide bonds. The average Bonchev–Trinajstić information content (AvgIpc) is 2.84. The maximum Gasteiger partial charge on any atom is 0.196 e. The van der Waals surface area contributed by atoms with Crippen LogP contribution < -0.4 is 5.32 Å². The van der Waals surface area contributed by atoms with Crippen LogP contribution in [0.1, 0.15) is 19.2 Å². The van der Waals surface area contributed by atoms with Crippen molar-refractivity contribution >= 4 is 22.6 Å². The van der Waals surface area contributed by atoms with Gasteiger partial charge >= 0.3 is 0 Å². The molecule has 3 nitrogen and oxygen atoms in total. The third kappa shape index (κ3) is 3.81. The van der Waals surface area contributed by atoms with E-state index in [1.165, 1.54) is 3.57 Å². The molecule has 18 heavy (non-hydrogen) atoms. The van der Waals surface area contributed by atoms with E-state index in [9.17, 15) is 0 Å². The Balaban J connectivity index is 1.95. The molecule has 2 rings (SSSR count). The predicted octanol–water partition coefficient (Wildman–Crippen LogP) is 3.49. The van der Waals surface area contributed by atoms with Crippen molar-refractivity contribution in [2.75, 3.05) is 13.1 Å². The molecule has 0 fully saturated rings. The molecule has 0 saturated heterocycles. The van der Waals surface area contributed by atoms with Crippen LogP contribution in [0.15, 0.2) is 34.9 Å². The monoisotopic (exact) mass is 356 g/mol. The number of hydrogen-bond donors (Lipinski definition) is 1. The highest BCUT2D eigenvalue weighted by atomic mass is 127. The second-order valence-electron chi connectivity index (χ2n) is 4.13. The average molecular weight is 356 g/mol. The van der Waals surface area contributed by atoms with Crippen LogP contribution in [0.5, 0.6) is 0 Å². The Morgan fingerprint density at radius 1 is 1.22 bits per heavy atom. The molecule has 0 aliphatic heterocycles. The SMILES string of the molecule is CCCNCCc1ncc(-c2ccc(I)cc2)o1. The Kier molecular flexibility index (Phi) is 5.19. The summed E-state index contributed by atoms with van der Waals surface area (Å²) in [5, 5.41) is 3.34. The number of nitrogens with zero attached hydrogens (tertiary/aromatic N) is 1. The topological polar surface area (TPSA) is 38.1 Å². The first kappa shape index (κ1) is 13.5. The number of nitrogens with one attached hydrogen (secondary N) is 1. The van der Waals surface area contributed by atoms with Gasteiger partial charge in [-0.25, -0.2) is 4.98 Å². The fourth-order valence-corrected chi connectivity index (χ4v) is 2.03. The van der Waals surface area contributed by atoms with Crippen LogP contribution in [-0.2, 0) is 6.42 Å². The van der Waals surface area contributed by atoms with Gasteiger partial charge in [-0.3, -0.25) is 0 Å². The van der Waals surface area contributed by atoms with E-state index >= 15 is 0 Å². The van der Waals surface area contributed by atoms with Gasteiger partial charge in [0.05, 0.1) is 6.20 Å². The number of halogens is 1. The third-order valence-electron chi connectivity index (χ3n) is 2.62. The van der Waals surface area contributed by atoms with E-state index in [0.717, 1.165) is 43.1 Å². The smallest absolute Gasteiger partial charge is 0.196 e. The number of oxazole rings is 1. The zero-order valence-corrected chi connectivity index (χ0v) is 12.6. The molecular weight excluding hydrogens is 339 g/mol. The molecule has 0 atom stereocenters. The zero-order valence-electron chi connectivity index (χ0n) is 10.4. The van der Waals surface area contributed by atoms with Crippen molar-refractivity contribution in [1.29, 1.82) is 0 Å². The van der Waals surface area contributed by atoms with Gasteiger partial charge in [-0.2, -0.15) is 0 Å². The summed E-state index contributed by atoms with van der Waals surface area (Å²) in [4.78, 5) is 4.30. The van der Waals surface area contributed by atoms with Gasteiger partial charge in [-0.05, 0) is 47.7 Å². The van der Waals surface area contributed by atoms with E-state index in [-0.39, 0.29) is 0 Å². The van der Waals surface area contributed by atoms with Crippen molar-refractivity contribution in [1.82, 2.24) is 10.3 Å². The van der Waals surface area contributed by atoms with Crippen LogP contribution in [0.3, 0.4) is 0 Å². The lowest BCUT2D eigenvalue weighted by Gasteiger charge is -1.99. The Labute approximate surface area is 121 Å². The maximum absolute atomic E-state index is 5.74. The molecule has 0 unspecified atom stereocenters. The van der Waals surface area contributed by atoms with Crippen molar-refractivity contribution in [3.05, 3.63) is 39.9 Å². The molecule has 0 saturated carbocycles. The number of aromatic nitrogens is 1. The molecule has 1 aromatic carbocycles. The van der Waals surface area contributed by atoms with Gasteiger partial charge in [0.2, 0.25) is 0 Å². The minimum atomic E-state index is 0.798. The van der Waals surface area contributed by atoms with Gasteiger partial charge < -0.3 is 9.73 Å². The fourth-order valence-electron chi connectivity index (χ4n) is 1.67. The largest absolute Gasteiger partial charge is 0.441 e. The summed E-state index contributed by atoms with van der Waals surface area (Å²) in [6.45, 7) is 4.12. The van der Waals surface area contributed by atoms with Gasteiger partial charge in [0.1, 0.15) is 0 Å². The highest BCUT2D eigenvalue weighted by Crippen LogP contribution is 2.21. The normalized spacial score (nSPS) is 10.8. The first-order valence-corrected chi connectivity index (χ1v) is 7.29. The van der Waals surface area contributed by atoms with Crippen molar-refractivity contribution in [3.8, 4) is 11.3 Å². The highest BCUT2D eigenvalue weighted by molar-refractivity contribution is 14.1. The van der Waals surface area contributed by atoms with Crippen LogP contribution >= 0.6 is 22.6 Å². The second kappa shape index (κ2) is 6.89. The molecule has 0 aliphatic rings. The quantitative estimate of drug-likeness (QED) is 0.636. The van der Waals surface area contributed by atoms with Crippen LogP contribution in [0.25, 0.3) is 11.3 Å². The van der Waals surface area contributed by atoms with Crippen molar-refractivity contribution in [2.24, 2.45) is 0 Å². The van der Waals surface area contributed by atoms with E-state index in [1.54, 1.807) is 6.20 Å². The number of rotatable bonds is 6. The highest BCUT2D eigenvalue weighted by Gasteiger charge is 2.05. The number of benzene rings is 1. The summed E-state index contributed by atoms with van der Waals surface area (Å²) in [6, 6.07) is 8.25.